The minimum atomic E-state index is -3.50. The predicted octanol–water partition coefficient (Wildman–Crippen LogP) is 2.13. The molecule has 2 N–H and O–H groups in total. The van der Waals surface area contributed by atoms with Gasteiger partial charge in [0.2, 0.25) is 10.0 Å². The molecule has 0 aliphatic carbocycles. The van der Waals surface area contributed by atoms with Crippen LogP contribution in [0.15, 0.2) is 33.2 Å². The van der Waals surface area contributed by atoms with Gasteiger partial charge in [0.1, 0.15) is 10.3 Å². The molecule has 0 spiro atoms. The Balaban J connectivity index is 2.03. The molecule has 0 saturated carbocycles. The lowest BCUT2D eigenvalue weighted by atomic mass is 10.2. The minimum absolute atomic E-state index is 0.0123. The summed E-state index contributed by atoms with van der Waals surface area (Å²) in [4.78, 5) is 0.795. The fourth-order valence-corrected chi connectivity index (χ4v) is 4.48. The van der Waals surface area contributed by atoms with Crippen LogP contribution in [0.1, 0.15) is 16.5 Å². The molecule has 1 atom stereocenters. The van der Waals surface area contributed by atoms with E-state index in [2.05, 4.69) is 4.72 Å². The monoisotopic (exact) mass is 303 g/mol. The molecule has 2 aromatic rings. The number of aliphatic hydroxyl groups excluding tert-OH is 1. The maximum Gasteiger partial charge on any atom is 0.250 e. The van der Waals surface area contributed by atoms with Crippen LogP contribution in [0.5, 0.6) is 0 Å². The van der Waals surface area contributed by atoms with Gasteiger partial charge in [0.25, 0.3) is 0 Å². The number of aliphatic hydroxyl groups is 1. The first-order chi connectivity index (χ1) is 8.50. The summed E-state index contributed by atoms with van der Waals surface area (Å²) in [5.74, 6) is 0. The van der Waals surface area contributed by atoms with Gasteiger partial charge in [-0.15, -0.1) is 22.7 Å². The van der Waals surface area contributed by atoms with Crippen molar-refractivity contribution in [1.29, 1.82) is 0 Å². The molecule has 4 nitrogen and oxygen atoms in total. The Morgan fingerprint density at radius 2 is 2.11 bits per heavy atom. The van der Waals surface area contributed by atoms with Crippen LogP contribution < -0.4 is 4.72 Å². The summed E-state index contributed by atoms with van der Waals surface area (Å²) >= 11 is 2.58. The molecule has 1 unspecified atom stereocenters. The highest BCUT2D eigenvalue weighted by Crippen LogP contribution is 2.24. The number of aryl methyl sites for hydroxylation is 1. The van der Waals surface area contributed by atoms with Crippen molar-refractivity contribution in [3.63, 3.8) is 0 Å². The van der Waals surface area contributed by atoms with Gasteiger partial charge in [0.15, 0.2) is 0 Å². The summed E-state index contributed by atoms with van der Waals surface area (Å²) in [7, 11) is -3.50. The molecule has 0 aliphatic rings. The van der Waals surface area contributed by atoms with E-state index >= 15 is 0 Å². The number of nitrogens with one attached hydrogen (secondary N) is 1. The molecule has 0 bridgehead atoms. The van der Waals surface area contributed by atoms with E-state index in [4.69, 9.17) is 0 Å². The van der Waals surface area contributed by atoms with Gasteiger partial charge in [-0.25, -0.2) is 13.1 Å². The van der Waals surface area contributed by atoms with Gasteiger partial charge in [0, 0.05) is 11.4 Å². The van der Waals surface area contributed by atoms with Gasteiger partial charge in [-0.1, -0.05) is 6.07 Å². The van der Waals surface area contributed by atoms with Crippen LogP contribution in [0.3, 0.4) is 0 Å². The average molecular weight is 303 g/mol. The molecule has 0 fully saturated rings. The Morgan fingerprint density at radius 1 is 1.33 bits per heavy atom. The Bertz CT molecular complexity index is 601. The summed E-state index contributed by atoms with van der Waals surface area (Å²) in [6.07, 6.45) is -0.806. The molecule has 98 valence electrons. The second-order valence-electron chi connectivity index (χ2n) is 3.77. The highest BCUT2D eigenvalue weighted by atomic mass is 32.2. The van der Waals surface area contributed by atoms with E-state index in [1.807, 2.05) is 18.4 Å². The van der Waals surface area contributed by atoms with Crippen LogP contribution in [0.25, 0.3) is 0 Å². The van der Waals surface area contributed by atoms with E-state index in [1.165, 1.54) is 17.4 Å². The fraction of sp³-hybridized carbons (Fsp3) is 0.273. The summed E-state index contributed by atoms with van der Waals surface area (Å²) in [6.45, 7) is 1.88. The average Bonchev–Trinajstić information content (AvgIpc) is 2.96. The molecular weight excluding hydrogens is 290 g/mol. The van der Waals surface area contributed by atoms with Crippen LogP contribution >= 0.6 is 22.7 Å². The van der Waals surface area contributed by atoms with Crippen LogP contribution in [-0.2, 0) is 10.0 Å². The maximum atomic E-state index is 11.8. The third-order valence-corrected chi connectivity index (χ3v) is 6.37. The topological polar surface area (TPSA) is 66.4 Å². The second kappa shape index (κ2) is 5.50. The van der Waals surface area contributed by atoms with Gasteiger partial charge in [-0.05, 0) is 35.4 Å². The summed E-state index contributed by atoms with van der Waals surface area (Å²) in [6, 6.07) is 5.12. The Hall–Kier alpha value is -0.730. The molecule has 7 heteroatoms. The summed E-state index contributed by atoms with van der Waals surface area (Å²) < 4.78 is 26.4. The molecule has 18 heavy (non-hydrogen) atoms. The van der Waals surface area contributed by atoms with Crippen molar-refractivity contribution in [3.05, 3.63) is 39.4 Å². The van der Waals surface area contributed by atoms with Crippen LogP contribution in [-0.4, -0.2) is 20.1 Å². The maximum absolute atomic E-state index is 11.8. The first-order valence-corrected chi connectivity index (χ1v) is 8.50. The molecular formula is C11H13NO3S3. The normalized spacial score (nSPS) is 13.7. The Morgan fingerprint density at radius 3 is 2.67 bits per heavy atom. The van der Waals surface area contributed by atoms with Crippen LogP contribution in [0.2, 0.25) is 0 Å². The largest absolute Gasteiger partial charge is 0.386 e. The van der Waals surface area contributed by atoms with Crippen LogP contribution in [0, 0.1) is 6.92 Å². The fourth-order valence-electron chi connectivity index (χ4n) is 1.49. The van der Waals surface area contributed by atoms with E-state index < -0.39 is 16.1 Å². The van der Waals surface area contributed by atoms with Crippen molar-refractivity contribution in [2.75, 3.05) is 6.54 Å². The van der Waals surface area contributed by atoms with E-state index in [0.717, 1.165) is 21.8 Å². The lowest BCUT2D eigenvalue weighted by Gasteiger charge is -2.11. The van der Waals surface area contributed by atoms with Crippen molar-refractivity contribution in [1.82, 2.24) is 4.72 Å². The number of thiophene rings is 2. The highest BCUT2D eigenvalue weighted by Gasteiger charge is 2.18. The van der Waals surface area contributed by atoms with E-state index in [9.17, 15) is 13.5 Å². The third kappa shape index (κ3) is 2.99. The number of rotatable bonds is 5. The molecule has 2 aromatic heterocycles. The molecule has 2 rings (SSSR count). The molecule has 0 amide bonds. The van der Waals surface area contributed by atoms with E-state index in [0.29, 0.717) is 0 Å². The Labute approximate surface area is 114 Å². The van der Waals surface area contributed by atoms with Crippen molar-refractivity contribution < 1.29 is 13.5 Å². The van der Waals surface area contributed by atoms with Gasteiger partial charge in [-0.3, -0.25) is 0 Å². The molecule has 0 saturated heterocycles. The summed E-state index contributed by atoms with van der Waals surface area (Å²) in [5, 5.41) is 13.5. The SMILES string of the molecule is Cc1ccsc1C(O)CNS(=O)(=O)c1cccs1. The lowest BCUT2D eigenvalue weighted by molar-refractivity contribution is 0.185. The van der Waals surface area contributed by atoms with Crippen LogP contribution in [0.4, 0.5) is 0 Å². The first-order valence-electron chi connectivity index (χ1n) is 5.26. The van der Waals surface area contributed by atoms with E-state index in [1.54, 1.807) is 11.4 Å². The molecule has 0 aromatic carbocycles. The van der Waals surface area contributed by atoms with Gasteiger partial charge >= 0.3 is 0 Å². The summed E-state index contributed by atoms with van der Waals surface area (Å²) in [5.41, 5.74) is 0.975. The molecule has 2 heterocycles. The zero-order valence-corrected chi connectivity index (χ0v) is 12.1. The molecule has 0 radical (unpaired) electrons. The van der Waals surface area contributed by atoms with Gasteiger partial charge in [0.05, 0.1) is 0 Å². The quantitative estimate of drug-likeness (QED) is 0.889. The first kappa shape index (κ1) is 13.7. The predicted molar refractivity (Wildman–Crippen MR) is 73.5 cm³/mol. The van der Waals surface area contributed by atoms with Crippen molar-refractivity contribution in [2.24, 2.45) is 0 Å². The zero-order valence-electron chi connectivity index (χ0n) is 9.66. The second-order valence-corrected chi connectivity index (χ2v) is 7.66. The number of hydrogen-bond acceptors (Lipinski definition) is 5. The Kier molecular flexibility index (Phi) is 4.18. The smallest absolute Gasteiger partial charge is 0.250 e. The van der Waals surface area contributed by atoms with E-state index in [-0.39, 0.29) is 10.8 Å². The van der Waals surface area contributed by atoms with Crippen molar-refractivity contribution in [2.45, 2.75) is 17.2 Å². The number of hydrogen-bond donors (Lipinski definition) is 2. The zero-order chi connectivity index (χ0) is 13.2. The van der Waals surface area contributed by atoms with Crippen molar-refractivity contribution >= 4 is 32.7 Å². The van der Waals surface area contributed by atoms with Gasteiger partial charge in [-0.2, -0.15) is 0 Å². The standard InChI is InChI=1S/C11H13NO3S3/c1-8-4-6-17-11(8)9(13)7-12-18(14,15)10-3-2-5-16-10/h2-6,9,12-13H,7H2,1H3. The van der Waals surface area contributed by atoms with Gasteiger partial charge < -0.3 is 5.11 Å². The number of sulfonamides is 1. The minimum Gasteiger partial charge on any atom is -0.386 e. The van der Waals surface area contributed by atoms with Crippen molar-refractivity contribution in [3.8, 4) is 0 Å². The highest BCUT2D eigenvalue weighted by molar-refractivity contribution is 7.91. The third-order valence-electron chi connectivity index (χ3n) is 2.43. The molecule has 0 aliphatic heterocycles. The lowest BCUT2D eigenvalue weighted by Crippen LogP contribution is -2.27.